The Labute approximate surface area is 97.0 Å². The molecule has 1 aromatic heterocycles. The molecule has 3 N–H and O–H groups in total. The molecule has 16 heavy (non-hydrogen) atoms. The van der Waals surface area contributed by atoms with Crippen molar-refractivity contribution in [2.24, 2.45) is 0 Å². The number of nitrogens with two attached hydrogens (primary N) is 1. The molecule has 0 aliphatic rings. The van der Waals surface area contributed by atoms with Crippen molar-refractivity contribution in [3.63, 3.8) is 0 Å². The molecule has 7 nitrogen and oxygen atoms in total. The summed E-state index contributed by atoms with van der Waals surface area (Å²) in [7, 11) is 0. The summed E-state index contributed by atoms with van der Waals surface area (Å²) in [5.74, 6) is 0.0395. The Hall–Kier alpha value is -1.57. The summed E-state index contributed by atoms with van der Waals surface area (Å²) in [6, 6.07) is 0. The third-order valence-corrected chi connectivity index (χ3v) is 2.96. The monoisotopic (exact) mass is 243 g/mol. The van der Waals surface area contributed by atoms with Gasteiger partial charge in [0.25, 0.3) is 0 Å². The first kappa shape index (κ1) is 12.5. The van der Waals surface area contributed by atoms with Gasteiger partial charge in [0.1, 0.15) is 6.33 Å². The molecule has 0 amide bonds. The smallest absolute Gasteiger partial charge is 0.352 e. The van der Waals surface area contributed by atoms with Gasteiger partial charge in [-0.05, 0) is 6.26 Å². The zero-order valence-corrected chi connectivity index (χ0v) is 9.82. The van der Waals surface area contributed by atoms with E-state index < -0.39 is 4.92 Å². The predicted octanol–water partition coefficient (Wildman–Crippen LogP) is 1.13. The van der Waals surface area contributed by atoms with Crippen LogP contribution in [0.3, 0.4) is 0 Å². The number of thioether (sulfide) groups is 1. The van der Waals surface area contributed by atoms with Crippen molar-refractivity contribution in [2.45, 2.75) is 12.2 Å². The van der Waals surface area contributed by atoms with Crippen LogP contribution in [0.4, 0.5) is 17.3 Å². The molecule has 0 fully saturated rings. The Morgan fingerprint density at radius 3 is 2.94 bits per heavy atom. The summed E-state index contributed by atoms with van der Waals surface area (Å²) in [6.07, 6.45) is 3.17. The van der Waals surface area contributed by atoms with E-state index >= 15 is 0 Å². The van der Waals surface area contributed by atoms with Gasteiger partial charge in [-0.1, -0.05) is 6.92 Å². The lowest BCUT2D eigenvalue weighted by molar-refractivity contribution is -0.383. The van der Waals surface area contributed by atoms with Gasteiger partial charge < -0.3 is 11.1 Å². The van der Waals surface area contributed by atoms with E-state index in [-0.39, 0.29) is 17.3 Å². The topological polar surface area (TPSA) is 107 Å². The van der Waals surface area contributed by atoms with Crippen LogP contribution in [0.5, 0.6) is 0 Å². The van der Waals surface area contributed by atoms with E-state index in [9.17, 15) is 10.1 Å². The Balaban J connectivity index is 2.87. The molecule has 0 saturated carbocycles. The van der Waals surface area contributed by atoms with Crippen molar-refractivity contribution in [1.82, 2.24) is 9.97 Å². The molecular weight excluding hydrogens is 230 g/mol. The second-order valence-corrected chi connectivity index (χ2v) is 4.42. The van der Waals surface area contributed by atoms with Crippen LogP contribution in [0, 0.1) is 10.1 Å². The van der Waals surface area contributed by atoms with Crippen molar-refractivity contribution in [2.75, 3.05) is 23.9 Å². The van der Waals surface area contributed by atoms with Crippen LogP contribution in [-0.2, 0) is 0 Å². The highest BCUT2D eigenvalue weighted by molar-refractivity contribution is 7.99. The molecule has 1 atom stereocenters. The Morgan fingerprint density at radius 2 is 2.38 bits per heavy atom. The van der Waals surface area contributed by atoms with E-state index in [1.165, 1.54) is 6.33 Å². The first-order valence-corrected chi connectivity index (χ1v) is 5.86. The molecule has 0 aliphatic carbocycles. The molecule has 1 heterocycles. The number of aromatic nitrogens is 2. The number of hydrogen-bond donors (Lipinski definition) is 2. The van der Waals surface area contributed by atoms with Crippen molar-refractivity contribution in [3.8, 4) is 0 Å². The van der Waals surface area contributed by atoms with Crippen molar-refractivity contribution >= 4 is 29.1 Å². The molecule has 0 aliphatic heterocycles. The van der Waals surface area contributed by atoms with Gasteiger partial charge in [0.2, 0.25) is 11.6 Å². The van der Waals surface area contributed by atoms with E-state index in [1.54, 1.807) is 11.8 Å². The molecule has 1 unspecified atom stereocenters. The van der Waals surface area contributed by atoms with Crippen LogP contribution < -0.4 is 11.1 Å². The molecule has 0 radical (unpaired) electrons. The van der Waals surface area contributed by atoms with E-state index in [0.29, 0.717) is 11.8 Å². The standard InChI is InChI=1S/C8H13N5O2S/c1-5(16-2)3-10-8-6(13(14)15)7(9)11-4-12-8/h4-5H,3H2,1-2H3,(H3,9,10,11,12). The maximum atomic E-state index is 10.8. The highest BCUT2D eigenvalue weighted by atomic mass is 32.2. The van der Waals surface area contributed by atoms with Gasteiger partial charge in [-0.15, -0.1) is 0 Å². The lowest BCUT2D eigenvalue weighted by atomic mass is 10.4. The fourth-order valence-corrected chi connectivity index (χ4v) is 1.28. The maximum absolute atomic E-state index is 10.8. The summed E-state index contributed by atoms with van der Waals surface area (Å²) in [6.45, 7) is 2.59. The Morgan fingerprint density at radius 1 is 1.69 bits per heavy atom. The summed E-state index contributed by atoms with van der Waals surface area (Å²) >= 11 is 1.66. The van der Waals surface area contributed by atoms with Gasteiger partial charge in [0.15, 0.2) is 0 Å². The maximum Gasteiger partial charge on any atom is 0.352 e. The molecule has 0 saturated heterocycles. The zero-order valence-electron chi connectivity index (χ0n) is 9.01. The number of rotatable bonds is 5. The average molecular weight is 243 g/mol. The molecular formula is C8H13N5O2S. The lowest BCUT2D eigenvalue weighted by Crippen LogP contribution is -2.15. The molecule has 0 aromatic carbocycles. The van der Waals surface area contributed by atoms with Crippen molar-refractivity contribution in [1.29, 1.82) is 0 Å². The fourth-order valence-electron chi connectivity index (χ4n) is 1.03. The molecule has 0 spiro atoms. The van der Waals surface area contributed by atoms with Crippen LogP contribution in [0.15, 0.2) is 6.33 Å². The van der Waals surface area contributed by atoms with Gasteiger partial charge >= 0.3 is 5.69 Å². The SMILES string of the molecule is CSC(C)CNc1ncnc(N)c1[N+](=O)[O-]. The average Bonchev–Trinajstić information content (AvgIpc) is 2.25. The van der Waals surface area contributed by atoms with E-state index in [2.05, 4.69) is 15.3 Å². The fraction of sp³-hybridized carbons (Fsp3) is 0.500. The van der Waals surface area contributed by atoms with Gasteiger partial charge in [-0.25, -0.2) is 9.97 Å². The number of hydrogen-bond acceptors (Lipinski definition) is 7. The number of anilines is 2. The minimum absolute atomic E-state index is 0.126. The third kappa shape index (κ3) is 2.96. The summed E-state index contributed by atoms with van der Waals surface area (Å²) in [5, 5.41) is 14.0. The van der Waals surface area contributed by atoms with Gasteiger partial charge in [0.05, 0.1) is 4.92 Å². The van der Waals surface area contributed by atoms with Crippen molar-refractivity contribution < 1.29 is 4.92 Å². The molecule has 8 heteroatoms. The predicted molar refractivity (Wildman–Crippen MR) is 64.6 cm³/mol. The zero-order chi connectivity index (χ0) is 12.1. The first-order valence-electron chi connectivity index (χ1n) is 4.57. The van der Waals surface area contributed by atoms with Crippen molar-refractivity contribution in [3.05, 3.63) is 16.4 Å². The minimum Gasteiger partial charge on any atom is -0.378 e. The van der Waals surface area contributed by atoms with E-state index in [0.717, 1.165) is 0 Å². The highest BCUT2D eigenvalue weighted by Crippen LogP contribution is 2.26. The lowest BCUT2D eigenvalue weighted by Gasteiger charge is -2.10. The number of nitrogen functional groups attached to an aromatic ring is 1. The third-order valence-electron chi connectivity index (χ3n) is 1.99. The first-order chi connectivity index (χ1) is 7.56. The van der Waals surface area contributed by atoms with E-state index in [4.69, 9.17) is 5.73 Å². The summed E-state index contributed by atoms with van der Waals surface area (Å²) < 4.78 is 0. The molecule has 0 bridgehead atoms. The highest BCUT2D eigenvalue weighted by Gasteiger charge is 2.20. The van der Waals surface area contributed by atoms with Crippen LogP contribution in [-0.4, -0.2) is 32.9 Å². The van der Waals surface area contributed by atoms with Crippen LogP contribution in [0.25, 0.3) is 0 Å². The van der Waals surface area contributed by atoms with E-state index in [1.807, 2.05) is 13.2 Å². The number of nitrogens with zero attached hydrogens (tertiary/aromatic N) is 3. The number of nitrogens with one attached hydrogen (secondary N) is 1. The second kappa shape index (κ2) is 5.50. The molecule has 1 aromatic rings. The van der Waals surface area contributed by atoms with Crippen LogP contribution in [0.1, 0.15) is 6.92 Å². The summed E-state index contributed by atoms with van der Waals surface area (Å²) in [5.41, 5.74) is 5.16. The Kier molecular flexibility index (Phi) is 4.29. The van der Waals surface area contributed by atoms with Gasteiger partial charge in [-0.2, -0.15) is 11.8 Å². The Bertz CT molecular complexity index is 387. The van der Waals surface area contributed by atoms with Crippen LogP contribution in [0.2, 0.25) is 0 Å². The van der Waals surface area contributed by atoms with Gasteiger partial charge in [0, 0.05) is 11.8 Å². The molecule has 88 valence electrons. The minimum atomic E-state index is -0.582. The van der Waals surface area contributed by atoms with Crippen LogP contribution >= 0.6 is 11.8 Å². The van der Waals surface area contributed by atoms with Gasteiger partial charge in [-0.3, -0.25) is 10.1 Å². The largest absolute Gasteiger partial charge is 0.378 e. The second-order valence-electron chi connectivity index (χ2n) is 3.14. The normalized spacial score (nSPS) is 12.1. The molecule has 1 rings (SSSR count). The summed E-state index contributed by atoms with van der Waals surface area (Å²) in [4.78, 5) is 17.6. The number of nitro groups is 1. The quantitative estimate of drug-likeness (QED) is 0.589.